The summed E-state index contributed by atoms with van der Waals surface area (Å²) in [4.78, 5) is 15.6. The zero-order valence-electron chi connectivity index (χ0n) is 13.3. The highest BCUT2D eigenvalue weighted by atomic mass is 32.2. The molecule has 0 aliphatic rings. The number of aromatic nitrogens is 1. The van der Waals surface area contributed by atoms with Gasteiger partial charge in [0.15, 0.2) is 0 Å². The molecular formula is C16H20N2O4S. The highest BCUT2D eigenvalue weighted by Crippen LogP contribution is 2.25. The normalized spacial score (nSPS) is 14.6. The minimum Gasteiger partial charge on any atom is -0.480 e. The molecule has 2 aromatic rings. The van der Waals surface area contributed by atoms with E-state index in [1.54, 1.807) is 31.3 Å². The summed E-state index contributed by atoms with van der Waals surface area (Å²) in [5, 5.41) is 9.78. The fraction of sp³-hybridized carbons (Fsp3) is 0.375. The molecule has 124 valence electrons. The quantitative estimate of drug-likeness (QED) is 0.844. The molecule has 0 bridgehead atoms. The lowest BCUT2D eigenvalue weighted by molar-refractivity contribution is -0.140. The lowest BCUT2D eigenvalue weighted by Gasteiger charge is -2.20. The number of hydrogen-bond acceptors (Lipinski definition) is 4. The molecule has 2 rings (SSSR count). The molecule has 1 heterocycles. The fourth-order valence-corrected chi connectivity index (χ4v) is 3.89. The number of carbonyl (C=O) groups is 1. The summed E-state index contributed by atoms with van der Waals surface area (Å²) < 4.78 is 27.7. The highest BCUT2D eigenvalue weighted by Gasteiger charge is 2.30. The predicted octanol–water partition coefficient (Wildman–Crippen LogP) is 2.32. The molecule has 1 aromatic heterocycles. The van der Waals surface area contributed by atoms with E-state index < -0.39 is 22.0 Å². The first-order chi connectivity index (χ1) is 10.8. The Kier molecular flexibility index (Phi) is 5.01. The summed E-state index contributed by atoms with van der Waals surface area (Å²) in [6, 6.07) is 5.31. The van der Waals surface area contributed by atoms with Crippen molar-refractivity contribution in [3.63, 3.8) is 0 Å². The van der Waals surface area contributed by atoms with Crippen molar-refractivity contribution < 1.29 is 18.3 Å². The highest BCUT2D eigenvalue weighted by molar-refractivity contribution is 7.89. The van der Waals surface area contributed by atoms with Crippen LogP contribution in [0, 0.1) is 12.8 Å². The summed E-state index contributed by atoms with van der Waals surface area (Å²) in [6.45, 7) is 5.37. The number of nitrogens with one attached hydrogen (secondary N) is 1. The van der Waals surface area contributed by atoms with Crippen molar-refractivity contribution in [1.82, 2.24) is 9.71 Å². The van der Waals surface area contributed by atoms with Gasteiger partial charge in [-0.05, 0) is 36.6 Å². The van der Waals surface area contributed by atoms with E-state index >= 15 is 0 Å². The molecule has 23 heavy (non-hydrogen) atoms. The molecule has 0 fully saturated rings. The topological polar surface area (TPSA) is 96.4 Å². The molecule has 0 saturated heterocycles. The van der Waals surface area contributed by atoms with Crippen molar-refractivity contribution in [2.75, 3.05) is 0 Å². The van der Waals surface area contributed by atoms with Crippen LogP contribution in [0.25, 0.3) is 10.9 Å². The molecule has 0 saturated carbocycles. The van der Waals surface area contributed by atoms with Crippen LogP contribution in [0.3, 0.4) is 0 Å². The van der Waals surface area contributed by atoms with Crippen molar-refractivity contribution >= 4 is 26.9 Å². The number of carboxylic acid groups (broad SMARTS) is 1. The van der Waals surface area contributed by atoms with Gasteiger partial charge >= 0.3 is 5.97 Å². The van der Waals surface area contributed by atoms with Gasteiger partial charge in [0.1, 0.15) is 6.04 Å². The van der Waals surface area contributed by atoms with Gasteiger partial charge in [0.2, 0.25) is 10.0 Å². The lowest BCUT2D eigenvalue weighted by atomic mass is 10.0. The van der Waals surface area contributed by atoms with Crippen molar-refractivity contribution in [1.29, 1.82) is 0 Å². The summed E-state index contributed by atoms with van der Waals surface area (Å²) in [5.41, 5.74) is 1.45. The maximum absolute atomic E-state index is 12.7. The van der Waals surface area contributed by atoms with Crippen molar-refractivity contribution in [2.24, 2.45) is 5.92 Å². The number of hydrogen-bond donors (Lipinski definition) is 2. The van der Waals surface area contributed by atoms with Gasteiger partial charge in [-0.25, -0.2) is 8.42 Å². The van der Waals surface area contributed by atoms with Crippen LogP contribution in [-0.2, 0) is 14.8 Å². The first-order valence-corrected chi connectivity index (χ1v) is 8.85. The van der Waals surface area contributed by atoms with Gasteiger partial charge < -0.3 is 5.11 Å². The smallest absolute Gasteiger partial charge is 0.322 e. The minimum absolute atomic E-state index is 0.0424. The Balaban J connectivity index is 2.52. The van der Waals surface area contributed by atoms with Gasteiger partial charge in [0.25, 0.3) is 0 Å². The number of fused-ring (bicyclic) bond motifs is 1. The van der Waals surface area contributed by atoms with E-state index in [1.165, 1.54) is 6.07 Å². The van der Waals surface area contributed by atoms with Crippen LogP contribution in [0.4, 0.5) is 0 Å². The van der Waals surface area contributed by atoms with E-state index in [-0.39, 0.29) is 10.8 Å². The molecule has 7 heteroatoms. The van der Waals surface area contributed by atoms with Crippen molar-refractivity contribution in [2.45, 2.75) is 38.1 Å². The third-order valence-corrected chi connectivity index (χ3v) is 5.48. The summed E-state index contributed by atoms with van der Waals surface area (Å²) in [5.74, 6) is -1.51. The number of aliphatic carboxylic acids is 1. The van der Waals surface area contributed by atoms with E-state index in [2.05, 4.69) is 9.71 Å². The third kappa shape index (κ3) is 3.51. The zero-order chi connectivity index (χ0) is 17.2. The third-order valence-electron chi connectivity index (χ3n) is 3.98. The van der Waals surface area contributed by atoms with Gasteiger partial charge in [-0.3, -0.25) is 9.78 Å². The maximum Gasteiger partial charge on any atom is 0.322 e. The van der Waals surface area contributed by atoms with Crippen LogP contribution >= 0.6 is 0 Å². The molecule has 2 atom stereocenters. The Hall–Kier alpha value is -1.99. The number of aryl methyl sites for hydroxylation is 1. The second-order valence-electron chi connectivity index (χ2n) is 5.60. The van der Waals surface area contributed by atoms with E-state index in [0.717, 1.165) is 5.56 Å². The van der Waals surface area contributed by atoms with E-state index in [0.29, 0.717) is 17.3 Å². The molecule has 6 nitrogen and oxygen atoms in total. The molecule has 0 unspecified atom stereocenters. The van der Waals surface area contributed by atoms with Gasteiger partial charge in [0, 0.05) is 11.6 Å². The zero-order valence-corrected chi connectivity index (χ0v) is 14.1. The summed E-state index contributed by atoms with van der Waals surface area (Å²) in [7, 11) is -3.97. The maximum atomic E-state index is 12.7. The van der Waals surface area contributed by atoms with Crippen molar-refractivity contribution in [3.05, 3.63) is 36.0 Å². The summed E-state index contributed by atoms with van der Waals surface area (Å²) in [6.07, 6.45) is 2.15. The molecule has 0 amide bonds. The number of benzene rings is 1. The monoisotopic (exact) mass is 336 g/mol. The second-order valence-corrected chi connectivity index (χ2v) is 7.29. The SMILES string of the molecule is CC[C@H](C)[C@H](NS(=O)(=O)c1ccc(C)c2ncccc12)C(=O)O. The number of carboxylic acids is 1. The van der Waals surface area contributed by atoms with E-state index in [9.17, 15) is 18.3 Å². The Labute approximate surface area is 135 Å². The minimum atomic E-state index is -3.97. The number of sulfonamides is 1. The Morgan fingerprint density at radius 1 is 1.35 bits per heavy atom. The Morgan fingerprint density at radius 2 is 2.04 bits per heavy atom. The Bertz CT molecular complexity index is 833. The number of pyridine rings is 1. The average Bonchev–Trinajstić information content (AvgIpc) is 2.52. The predicted molar refractivity (Wildman–Crippen MR) is 87.7 cm³/mol. The molecule has 1 aromatic carbocycles. The fourth-order valence-electron chi connectivity index (χ4n) is 2.40. The number of rotatable bonds is 6. The molecule has 0 aliphatic carbocycles. The van der Waals surface area contributed by atoms with E-state index in [1.807, 2.05) is 13.8 Å². The van der Waals surface area contributed by atoms with Gasteiger partial charge in [-0.1, -0.05) is 26.3 Å². The second kappa shape index (κ2) is 6.64. The van der Waals surface area contributed by atoms with E-state index in [4.69, 9.17) is 0 Å². The van der Waals surface area contributed by atoms with Gasteiger partial charge in [-0.2, -0.15) is 4.72 Å². The molecular weight excluding hydrogens is 316 g/mol. The van der Waals surface area contributed by atoms with Crippen LogP contribution < -0.4 is 4.72 Å². The van der Waals surface area contributed by atoms with Crippen molar-refractivity contribution in [3.8, 4) is 0 Å². The first-order valence-electron chi connectivity index (χ1n) is 7.37. The molecule has 0 aliphatic heterocycles. The van der Waals surface area contributed by atoms with Crippen LogP contribution in [0.15, 0.2) is 35.4 Å². The standard InChI is InChI=1S/C16H20N2O4S/c1-4-10(2)15(16(19)20)18-23(21,22)13-8-7-11(3)14-12(13)6-5-9-17-14/h5-10,15,18H,4H2,1-3H3,(H,19,20)/t10-,15-/m0/s1. The molecule has 0 spiro atoms. The Morgan fingerprint density at radius 3 is 2.65 bits per heavy atom. The largest absolute Gasteiger partial charge is 0.480 e. The lowest BCUT2D eigenvalue weighted by Crippen LogP contribution is -2.44. The van der Waals surface area contributed by atoms with Crippen LogP contribution in [-0.4, -0.2) is 30.5 Å². The first kappa shape index (κ1) is 17.4. The van der Waals surface area contributed by atoms with Crippen LogP contribution in [0.2, 0.25) is 0 Å². The van der Waals surface area contributed by atoms with Crippen LogP contribution in [0.1, 0.15) is 25.8 Å². The molecule has 0 radical (unpaired) electrons. The summed E-state index contributed by atoms with van der Waals surface area (Å²) >= 11 is 0. The van der Waals surface area contributed by atoms with Crippen LogP contribution in [0.5, 0.6) is 0 Å². The average molecular weight is 336 g/mol. The molecule has 2 N–H and O–H groups in total. The number of nitrogens with zero attached hydrogens (tertiary/aromatic N) is 1. The van der Waals surface area contributed by atoms with Gasteiger partial charge in [-0.15, -0.1) is 0 Å². The van der Waals surface area contributed by atoms with Gasteiger partial charge in [0.05, 0.1) is 10.4 Å².